The number of carbonyl (C=O) groups excluding carboxylic acids is 1. The van der Waals surface area contributed by atoms with Crippen LogP contribution in [0.15, 0.2) is 47.4 Å². The first kappa shape index (κ1) is 19.9. The number of hydrogen-bond acceptors (Lipinski definition) is 6. The molecule has 9 nitrogen and oxygen atoms in total. The van der Waals surface area contributed by atoms with Gasteiger partial charge in [0.05, 0.1) is 23.0 Å². The maximum atomic E-state index is 12.8. The molecule has 2 aromatic carbocycles. The summed E-state index contributed by atoms with van der Waals surface area (Å²) in [5.74, 6) is -0.554. The Bertz CT molecular complexity index is 1020. The maximum Gasteiger partial charge on any atom is 0.273 e. The second-order valence-electron chi connectivity index (χ2n) is 6.21. The van der Waals surface area contributed by atoms with E-state index in [1.807, 2.05) is 0 Å². The third-order valence-electron chi connectivity index (χ3n) is 4.45. The summed E-state index contributed by atoms with van der Waals surface area (Å²) < 4.78 is 32.0. The van der Waals surface area contributed by atoms with Crippen LogP contribution in [-0.2, 0) is 14.8 Å². The van der Waals surface area contributed by atoms with E-state index >= 15 is 0 Å². The summed E-state index contributed by atoms with van der Waals surface area (Å²) >= 11 is 0. The molecule has 0 saturated carbocycles. The van der Waals surface area contributed by atoms with Gasteiger partial charge >= 0.3 is 0 Å². The number of nitrogens with zero attached hydrogens (tertiary/aromatic N) is 2. The van der Waals surface area contributed by atoms with Gasteiger partial charge in [-0.1, -0.05) is 12.1 Å². The van der Waals surface area contributed by atoms with E-state index in [9.17, 15) is 23.3 Å². The normalized spacial score (nSPS) is 15.2. The van der Waals surface area contributed by atoms with Gasteiger partial charge < -0.3 is 10.1 Å². The second-order valence-corrected chi connectivity index (χ2v) is 8.14. The molecule has 1 N–H and O–H groups in total. The predicted molar refractivity (Wildman–Crippen MR) is 102 cm³/mol. The lowest BCUT2D eigenvalue weighted by Gasteiger charge is -2.26. The molecule has 1 heterocycles. The highest BCUT2D eigenvalue weighted by molar-refractivity contribution is 7.89. The zero-order valence-electron chi connectivity index (χ0n) is 15.1. The summed E-state index contributed by atoms with van der Waals surface area (Å²) in [5, 5.41) is 13.7. The molecule has 1 saturated heterocycles. The van der Waals surface area contributed by atoms with Gasteiger partial charge in [0, 0.05) is 36.0 Å². The molecular formula is C18H19N3O6S. The molecule has 1 fully saturated rings. The molecule has 2 aromatic rings. The van der Waals surface area contributed by atoms with Gasteiger partial charge in [-0.3, -0.25) is 14.9 Å². The lowest BCUT2D eigenvalue weighted by Crippen LogP contribution is -2.40. The van der Waals surface area contributed by atoms with Crippen LogP contribution in [0.1, 0.15) is 15.9 Å². The van der Waals surface area contributed by atoms with Gasteiger partial charge in [0.2, 0.25) is 10.0 Å². The molecule has 0 bridgehead atoms. The summed E-state index contributed by atoms with van der Waals surface area (Å²) in [4.78, 5) is 23.1. The van der Waals surface area contributed by atoms with Crippen molar-refractivity contribution in [2.24, 2.45) is 0 Å². The molecule has 0 radical (unpaired) electrons. The number of amides is 1. The van der Waals surface area contributed by atoms with Crippen LogP contribution in [0.25, 0.3) is 0 Å². The number of nitro groups is 1. The Balaban J connectivity index is 1.84. The zero-order chi connectivity index (χ0) is 20.3. The highest BCUT2D eigenvalue weighted by Crippen LogP contribution is 2.24. The Labute approximate surface area is 162 Å². The fraction of sp³-hybridized carbons (Fsp3) is 0.278. The number of ether oxygens (including phenoxy) is 1. The van der Waals surface area contributed by atoms with Crippen molar-refractivity contribution >= 4 is 27.3 Å². The Kier molecular flexibility index (Phi) is 5.73. The summed E-state index contributed by atoms with van der Waals surface area (Å²) in [6.45, 7) is 2.70. The molecule has 3 rings (SSSR count). The SMILES string of the molecule is Cc1c(C(=O)Nc2cccc(S(=O)(=O)N3CCOCC3)c2)cccc1[N+](=O)[O-]. The van der Waals surface area contributed by atoms with Crippen molar-refractivity contribution in [2.75, 3.05) is 31.6 Å². The highest BCUT2D eigenvalue weighted by atomic mass is 32.2. The number of nitrogens with one attached hydrogen (secondary N) is 1. The van der Waals surface area contributed by atoms with Crippen LogP contribution in [0.2, 0.25) is 0 Å². The fourth-order valence-corrected chi connectivity index (χ4v) is 4.39. The van der Waals surface area contributed by atoms with Gasteiger partial charge in [0.1, 0.15) is 0 Å². The monoisotopic (exact) mass is 405 g/mol. The Morgan fingerprint density at radius 2 is 1.86 bits per heavy atom. The predicted octanol–water partition coefficient (Wildman–Crippen LogP) is 2.18. The largest absolute Gasteiger partial charge is 0.379 e. The van der Waals surface area contributed by atoms with Crippen LogP contribution in [0, 0.1) is 17.0 Å². The van der Waals surface area contributed by atoms with Gasteiger partial charge in [-0.05, 0) is 31.2 Å². The van der Waals surface area contributed by atoms with Crippen LogP contribution >= 0.6 is 0 Å². The van der Waals surface area contributed by atoms with E-state index < -0.39 is 20.9 Å². The van der Waals surface area contributed by atoms with Crippen LogP contribution in [0.3, 0.4) is 0 Å². The third kappa shape index (κ3) is 4.03. The van der Waals surface area contributed by atoms with E-state index in [1.165, 1.54) is 47.6 Å². The Hall–Kier alpha value is -2.82. The van der Waals surface area contributed by atoms with E-state index in [4.69, 9.17) is 4.74 Å². The maximum absolute atomic E-state index is 12.8. The first-order valence-electron chi connectivity index (χ1n) is 8.54. The van der Waals surface area contributed by atoms with Crippen molar-refractivity contribution in [2.45, 2.75) is 11.8 Å². The summed E-state index contributed by atoms with van der Waals surface area (Å²) in [6, 6.07) is 10.1. The van der Waals surface area contributed by atoms with Crippen molar-refractivity contribution in [3.05, 3.63) is 63.7 Å². The molecule has 0 atom stereocenters. The number of anilines is 1. The number of morpholine rings is 1. The lowest BCUT2D eigenvalue weighted by molar-refractivity contribution is -0.385. The minimum absolute atomic E-state index is 0.0583. The van der Waals surface area contributed by atoms with Crippen LogP contribution < -0.4 is 5.32 Å². The van der Waals surface area contributed by atoms with E-state index in [-0.39, 0.29) is 40.5 Å². The van der Waals surface area contributed by atoms with Crippen molar-refractivity contribution in [1.29, 1.82) is 0 Å². The molecule has 28 heavy (non-hydrogen) atoms. The van der Waals surface area contributed by atoms with Gasteiger partial charge in [0.25, 0.3) is 11.6 Å². The number of rotatable bonds is 5. The van der Waals surface area contributed by atoms with Crippen LogP contribution in [-0.4, -0.2) is 49.9 Å². The number of nitro benzene ring substituents is 1. The summed E-state index contributed by atoms with van der Waals surface area (Å²) in [7, 11) is -3.70. The Morgan fingerprint density at radius 3 is 2.54 bits per heavy atom. The van der Waals surface area contributed by atoms with Crippen LogP contribution in [0.5, 0.6) is 0 Å². The molecule has 1 aliphatic rings. The van der Waals surface area contributed by atoms with E-state index in [1.54, 1.807) is 6.07 Å². The quantitative estimate of drug-likeness (QED) is 0.601. The molecular weight excluding hydrogens is 386 g/mol. The van der Waals surface area contributed by atoms with Gasteiger partial charge in [-0.2, -0.15) is 4.31 Å². The first-order valence-corrected chi connectivity index (χ1v) is 9.98. The van der Waals surface area contributed by atoms with Crippen molar-refractivity contribution < 1.29 is 22.9 Å². The minimum atomic E-state index is -3.70. The standard InChI is InChI=1S/C18H19N3O6S/c1-13-16(6-3-7-17(13)21(23)24)18(22)19-14-4-2-5-15(12-14)28(25,26)20-8-10-27-11-9-20/h2-7,12H,8-11H2,1H3,(H,19,22). The Morgan fingerprint density at radius 1 is 1.18 bits per heavy atom. The molecule has 10 heteroatoms. The lowest BCUT2D eigenvalue weighted by atomic mass is 10.1. The van der Waals surface area contributed by atoms with Crippen LogP contribution in [0.4, 0.5) is 11.4 Å². The third-order valence-corrected chi connectivity index (χ3v) is 6.34. The van der Waals surface area contributed by atoms with E-state index in [0.717, 1.165) is 0 Å². The topological polar surface area (TPSA) is 119 Å². The van der Waals surface area contributed by atoms with Gasteiger partial charge in [0.15, 0.2) is 0 Å². The second kappa shape index (κ2) is 8.05. The molecule has 148 valence electrons. The van der Waals surface area contributed by atoms with E-state index in [2.05, 4.69) is 5.32 Å². The first-order chi connectivity index (χ1) is 13.3. The number of benzene rings is 2. The number of hydrogen-bond donors (Lipinski definition) is 1. The van der Waals surface area contributed by atoms with Crippen molar-refractivity contribution in [1.82, 2.24) is 4.31 Å². The van der Waals surface area contributed by atoms with E-state index in [0.29, 0.717) is 13.2 Å². The molecule has 0 unspecified atom stereocenters. The molecule has 0 aliphatic carbocycles. The molecule has 0 aromatic heterocycles. The average molecular weight is 405 g/mol. The summed E-state index contributed by atoms with van der Waals surface area (Å²) in [6.07, 6.45) is 0. The fourth-order valence-electron chi connectivity index (χ4n) is 2.94. The molecule has 1 amide bonds. The molecule has 1 aliphatic heterocycles. The number of carbonyl (C=O) groups is 1. The van der Waals surface area contributed by atoms with Gasteiger partial charge in [-0.25, -0.2) is 8.42 Å². The molecule has 0 spiro atoms. The zero-order valence-corrected chi connectivity index (χ0v) is 15.9. The highest BCUT2D eigenvalue weighted by Gasteiger charge is 2.26. The summed E-state index contributed by atoms with van der Waals surface area (Å²) in [5.41, 5.74) is 0.513. The van der Waals surface area contributed by atoms with Crippen molar-refractivity contribution in [3.63, 3.8) is 0 Å². The van der Waals surface area contributed by atoms with Crippen molar-refractivity contribution in [3.8, 4) is 0 Å². The smallest absolute Gasteiger partial charge is 0.273 e. The van der Waals surface area contributed by atoms with Gasteiger partial charge in [-0.15, -0.1) is 0 Å². The minimum Gasteiger partial charge on any atom is -0.379 e. The average Bonchev–Trinajstić information content (AvgIpc) is 2.68. The number of sulfonamides is 1.